The molecule has 2 amide bonds. The molecule has 9 nitrogen and oxygen atoms in total. The Hall–Kier alpha value is -3.01. The van der Waals surface area contributed by atoms with Crippen LogP contribution in [-0.4, -0.2) is 72.6 Å². The Kier molecular flexibility index (Phi) is 5.19. The molecule has 10 heteroatoms. The zero-order chi connectivity index (χ0) is 21.6. The van der Waals surface area contributed by atoms with Crippen LogP contribution in [0.5, 0.6) is 0 Å². The summed E-state index contributed by atoms with van der Waals surface area (Å²) in [5.74, 6) is -1.33. The first-order valence-electron chi connectivity index (χ1n) is 9.82. The van der Waals surface area contributed by atoms with E-state index >= 15 is 4.39 Å². The number of carbonyl (C=O) groups is 3. The number of nitrogens with zero attached hydrogens (tertiary/aromatic N) is 3. The predicted molar refractivity (Wildman–Crippen MR) is 105 cm³/mol. The van der Waals surface area contributed by atoms with E-state index in [0.29, 0.717) is 32.5 Å². The number of hydrogen-bond acceptors (Lipinski definition) is 7. The summed E-state index contributed by atoms with van der Waals surface area (Å²) in [6, 6.07) is 1.32. The van der Waals surface area contributed by atoms with Crippen molar-refractivity contribution in [2.45, 2.75) is 39.0 Å². The minimum Gasteiger partial charge on any atom is -0.372 e. The second-order valence-electron chi connectivity index (χ2n) is 7.92. The third-order valence-electron chi connectivity index (χ3n) is 5.35. The Morgan fingerprint density at radius 3 is 2.50 bits per heavy atom. The molecular weight excluding hydrogens is 395 g/mol. The Balaban J connectivity index is 1.66. The number of hydrogen-bond donors (Lipinski definition) is 1. The molecule has 2 atom stereocenters. The van der Waals surface area contributed by atoms with Gasteiger partial charge in [0.2, 0.25) is 11.5 Å². The zero-order valence-electron chi connectivity index (χ0n) is 17.0. The van der Waals surface area contributed by atoms with Gasteiger partial charge in [-0.2, -0.15) is 0 Å². The van der Waals surface area contributed by atoms with Crippen molar-refractivity contribution >= 4 is 34.8 Å². The SMILES string of the molecule is CC(=O)NC1CN(C(=O)c2noc3c(F)c(N4C[C@@H](C)O[C@@H](C)C4)c(C=O)cc23)C1. The van der Waals surface area contributed by atoms with Crippen LogP contribution in [-0.2, 0) is 9.53 Å². The lowest BCUT2D eigenvalue weighted by molar-refractivity contribution is -0.120. The van der Waals surface area contributed by atoms with Crippen molar-refractivity contribution in [1.82, 2.24) is 15.4 Å². The number of fused-ring (bicyclic) bond motifs is 1. The smallest absolute Gasteiger partial charge is 0.276 e. The number of anilines is 1. The monoisotopic (exact) mass is 418 g/mol. The van der Waals surface area contributed by atoms with Crippen LogP contribution >= 0.6 is 0 Å². The number of morpholine rings is 1. The number of benzene rings is 1. The first kappa shape index (κ1) is 20.3. The summed E-state index contributed by atoms with van der Waals surface area (Å²) >= 11 is 0. The normalized spacial score (nSPS) is 22.1. The highest BCUT2D eigenvalue weighted by Gasteiger charge is 2.35. The first-order valence-corrected chi connectivity index (χ1v) is 9.82. The molecule has 1 aromatic carbocycles. The molecule has 2 saturated heterocycles. The quantitative estimate of drug-likeness (QED) is 0.748. The topological polar surface area (TPSA) is 105 Å². The van der Waals surface area contributed by atoms with Crippen molar-refractivity contribution in [2.75, 3.05) is 31.1 Å². The van der Waals surface area contributed by atoms with Gasteiger partial charge in [-0.15, -0.1) is 0 Å². The van der Waals surface area contributed by atoms with E-state index in [-0.39, 0.29) is 52.1 Å². The van der Waals surface area contributed by atoms with Gasteiger partial charge >= 0.3 is 0 Å². The lowest BCUT2D eigenvalue weighted by Gasteiger charge is -2.38. The first-order chi connectivity index (χ1) is 14.3. The number of nitrogens with one attached hydrogen (secondary N) is 1. The number of amides is 2. The summed E-state index contributed by atoms with van der Waals surface area (Å²) in [7, 11) is 0. The molecule has 4 rings (SSSR count). The van der Waals surface area contributed by atoms with Crippen molar-refractivity contribution < 1.29 is 28.0 Å². The fourth-order valence-electron chi connectivity index (χ4n) is 4.15. The van der Waals surface area contributed by atoms with Gasteiger partial charge in [-0.25, -0.2) is 4.39 Å². The van der Waals surface area contributed by atoms with Gasteiger partial charge < -0.3 is 24.4 Å². The van der Waals surface area contributed by atoms with Gasteiger partial charge in [0, 0.05) is 38.7 Å². The molecule has 0 aliphatic carbocycles. The van der Waals surface area contributed by atoms with E-state index < -0.39 is 11.7 Å². The van der Waals surface area contributed by atoms with E-state index in [1.807, 2.05) is 13.8 Å². The van der Waals surface area contributed by atoms with Gasteiger partial charge in [0.15, 0.2) is 17.8 Å². The molecule has 0 spiro atoms. The van der Waals surface area contributed by atoms with Crippen molar-refractivity contribution in [3.8, 4) is 0 Å². The molecule has 2 aromatic rings. The molecule has 0 radical (unpaired) electrons. The number of likely N-dealkylation sites (tertiary alicyclic amines) is 1. The van der Waals surface area contributed by atoms with Crippen LogP contribution < -0.4 is 10.2 Å². The summed E-state index contributed by atoms with van der Waals surface area (Å²) < 4.78 is 26.3. The van der Waals surface area contributed by atoms with E-state index in [9.17, 15) is 14.4 Å². The summed E-state index contributed by atoms with van der Waals surface area (Å²) in [6.45, 7) is 6.68. The van der Waals surface area contributed by atoms with Crippen molar-refractivity contribution in [3.63, 3.8) is 0 Å². The van der Waals surface area contributed by atoms with Gasteiger partial charge in [0.1, 0.15) is 0 Å². The number of aldehydes is 1. The van der Waals surface area contributed by atoms with Crippen LogP contribution in [0.1, 0.15) is 41.6 Å². The van der Waals surface area contributed by atoms with E-state index in [0.717, 1.165) is 0 Å². The molecular formula is C20H23FN4O5. The largest absolute Gasteiger partial charge is 0.372 e. The van der Waals surface area contributed by atoms with E-state index in [2.05, 4.69) is 10.5 Å². The maximum Gasteiger partial charge on any atom is 0.276 e. The van der Waals surface area contributed by atoms with Crippen LogP contribution in [0.4, 0.5) is 10.1 Å². The second kappa shape index (κ2) is 7.67. The van der Waals surface area contributed by atoms with E-state index in [1.54, 1.807) is 4.90 Å². The van der Waals surface area contributed by atoms with Gasteiger partial charge in [-0.05, 0) is 19.9 Å². The average Bonchev–Trinajstić information content (AvgIpc) is 3.06. The zero-order valence-corrected chi connectivity index (χ0v) is 17.0. The number of aromatic nitrogens is 1. The molecule has 160 valence electrons. The Morgan fingerprint density at radius 2 is 1.90 bits per heavy atom. The molecule has 30 heavy (non-hydrogen) atoms. The molecule has 1 aromatic heterocycles. The third-order valence-corrected chi connectivity index (χ3v) is 5.35. The van der Waals surface area contributed by atoms with Gasteiger partial charge in [0.25, 0.3) is 5.91 Å². The van der Waals surface area contributed by atoms with Crippen molar-refractivity contribution in [3.05, 3.63) is 23.1 Å². The maximum absolute atomic E-state index is 15.4. The van der Waals surface area contributed by atoms with Crippen molar-refractivity contribution in [1.29, 1.82) is 0 Å². The second-order valence-corrected chi connectivity index (χ2v) is 7.92. The molecule has 3 heterocycles. The number of carbonyl (C=O) groups excluding carboxylic acids is 3. The van der Waals surface area contributed by atoms with Crippen LogP contribution in [0.3, 0.4) is 0 Å². The molecule has 1 N–H and O–H groups in total. The molecule has 2 aliphatic rings. The Labute approximate surface area is 172 Å². The highest BCUT2D eigenvalue weighted by atomic mass is 19.1. The van der Waals surface area contributed by atoms with Crippen LogP contribution in [0.25, 0.3) is 11.0 Å². The maximum atomic E-state index is 15.4. The predicted octanol–water partition coefficient (Wildman–Crippen LogP) is 1.35. The summed E-state index contributed by atoms with van der Waals surface area (Å²) in [4.78, 5) is 38.9. The lowest BCUT2D eigenvalue weighted by Crippen LogP contribution is -2.60. The molecule has 2 fully saturated rings. The average molecular weight is 418 g/mol. The van der Waals surface area contributed by atoms with Crippen LogP contribution in [0.2, 0.25) is 0 Å². The van der Waals surface area contributed by atoms with Gasteiger partial charge in [-0.3, -0.25) is 14.4 Å². The van der Waals surface area contributed by atoms with E-state index in [1.165, 1.54) is 17.9 Å². The number of rotatable bonds is 4. The minimum absolute atomic E-state index is 0.0523. The Bertz CT molecular complexity index is 1010. The van der Waals surface area contributed by atoms with Crippen LogP contribution in [0, 0.1) is 5.82 Å². The van der Waals surface area contributed by atoms with E-state index in [4.69, 9.17) is 9.26 Å². The number of ether oxygens (including phenoxy) is 1. The molecule has 2 aliphatic heterocycles. The summed E-state index contributed by atoms with van der Waals surface area (Å²) in [5.41, 5.74) is 0.0378. The summed E-state index contributed by atoms with van der Waals surface area (Å²) in [6.07, 6.45) is 0.316. The van der Waals surface area contributed by atoms with Gasteiger partial charge in [-0.1, -0.05) is 5.16 Å². The van der Waals surface area contributed by atoms with Crippen LogP contribution in [0.15, 0.2) is 10.6 Å². The highest BCUT2D eigenvalue weighted by Crippen LogP contribution is 2.34. The number of halogens is 1. The lowest BCUT2D eigenvalue weighted by atomic mass is 10.0. The Morgan fingerprint density at radius 1 is 1.23 bits per heavy atom. The molecule has 0 unspecified atom stereocenters. The standard InChI is InChI=1S/C20H23FN4O5/c1-10-5-24(6-11(2)29-10)18-13(9-26)4-15-17(23-30-19(15)16(18)21)20(28)25-7-14(8-25)22-12(3)27/h4,9-11,14H,5-8H2,1-3H3,(H,22,27)/t10-,11+. The highest BCUT2D eigenvalue weighted by molar-refractivity contribution is 6.07. The fourth-order valence-corrected chi connectivity index (χ4v) is 4.15. The van der Waals surface area contributed by atoms with Gasteiger partial charge in [0.05, 0.1) is 29.3 Å². The minimum atomic E-state index is -0.720. The third kappa shape index (κ3) is 3.51. The fraction of sp³-hybridized carbons (Fsp3) is 0.500. The van der Waals surface area contributed by atoms with Crippen molar-refractivity contribution in [2.24, 2.45) is 0 Å². The summed E-state index contributed by atoms with van der Waals surface area (Å²) in [5, 5.41) is 6.66. The molecule has 0 saturated carbocycles. The molecule has 0 bridgehead atoms.